The number of hydrogen-bond acceptors (Lipinski definition) is 0. The quantitative estimate of drug-likeness (QED) is 0.360. The molecular formula is C8H6ClI3. The fourth-order valence-corrected chi connectivity index (χ4v) is 1.95. The molecule has 0 heterocycles. The summed E-state index contributed by atoms with van der Waals surface area (Å²) < 4.78 is 0.128. The van der Waals surface area contributed by atoms with E-state index in [1.165, 1.54) is 5.56 Å². The van der Waals surface area contributed by atoms with Gasteiger partial charge in [0, 0.05) is 5.02 Å². The van der Waals surface area contributed by atoms with Gasteiger partial charge in [-0.3, -0.25) is 0 Å². The van der Waals surface area contributed by atoms with Gasteiger partial charge in [-0.15, -0.1) is 0 Å². The first kappa shape index (κ1) is 11.8. The van der Waals surface area contributed by atoms with Crippen molar-refractivity contribution in [1.29, 1.82) is 0 Å². The molecule has 12 heavy (non-hydrogen) atoms. The van der Waals surface area contributed by atoms with E-state index in [1.54, 1.807) is 0 Å². The molecule has 0 N–H and O–H groups in total. The van der Waals surface area contributed by atoms with E-state index in [9.17, 15) is 0 Å². The zero-order valence-corrected chi connectivity index (χ0v) is 13.5. The first-order valence-corrected chi connectivity index (χ1v) is 6.86. The van der Waals surface area contributed by atoms with Crippen LogP contribution in [0.1, 0.15) is 11.1 Å². The molecule has 0 aliphatic rings. The van der Waals surface area contributed by atoms with E-state index in [2.05, 4.69) is 79.9 Å². The first-order chi connectivity index (χ1) is 5.41. The van der Waals surface area contributed by atoms with E-state index in [0.717, 1.165) is 10.6 Å². The highest BCUT2D eigenvalue weighted by molar-refractivity contribution is 14.3. The molecule has 0 saturated heterocycles. The van der Waals surface area contributed by atoms with Crippen molar-refractivity contribution in [3.63, 3.8) is 0 Å². The summed E-state index contributed by atoms with van der Waals surface area (Å²) in [6.45, 7) is 2.03. The predicted molar refractivity (Wildman–Crippen MR) is 79.9 cm³/mol. The summed E-state index contributed by atoms with van der Waals surface area (Å²) in [7, 11) is 0. The van der Waals surface area contributed by atoms with Crippen LogP contribution in [0.4, 0.5) is 0 Å². The van der Waals surface area contributed by atoms with Gasteiger partial charge in [-0.25, -0.2) is 0 Å². The summed E-state index contributed by atoms with van der Waals surface area (Å²) >= 11 is 13.1. The Balaban J connectivity index is 3.14. The molecule has 0 aliphatic carbocycles. The Kier molecular flexibility index (Phi) is 4.39. The van der Waals surface area contributed by atoms with Crippen LogP contribution >= 0.6 is 79.4 Å². The maximum atomic E-state index is 5.92. The average molecular weight is 518 g/mol. The van der Waals surface area contributed by atoms with Crippen LogP contribution < -0.4 is 0 Å². The van der Waals surface area contributed by atoms with Gasteiger partial charge in [-0.1, -0.05) is 23.7 Å². The van der Waals surface area contributed by atoms with E-state index in [0.29, 0.717) is 0 Å². The van der Waals surface area contributed by atoms with E-state index in [4.69, 9.17) is 11.6 Å². The lowest BCUT2D eigenvalue weighted by atomic mass is 10.2. The third-order valence-corrected chi connectivity index (χ3v) is 3.78. The standard InChI is InChI=1S/C8H6ClI3/c1-5-4-6(8(10,11)12)2-3-7(5)9/h2-4H,1H3. The van der Waals surface area contributed by atoms with Crippen LogP contribution in [0.15, 0.2) is 18.2 Å². The van der Waals surface area contributed by atoms with Crippen LogP contribution in [-0.4, -0.2) is 0 Å². The lowest BCUT2D eigenvalue weighted by Crippen LogP contribution is -1.96. The highest BCUT2D eigenvalue weighted by Gasteiger charge is 2.20. The molecular weight excluding hydrogens is 512 g/mol. The first-order valence-electron chi connectivity index (χ1n) is 3.24. The number of alkyl halides is 3. The molecule has 0 nitrogen and oxygen atoms in total. The molecule has 0 saturated carbocycles. The molecule has 0 atom stereocenters. The van der Waals surface area contributed by atoms with Gasteiger partial charge >= 0.3 is 0 Å². The van der Waals surface area contributed by atoms with E-state index in [-0.39, 0.29) is -0.565 Å². The maximum Gasteiger partial charge on any atom is 0.149 e. The summed E-state index contributed by atoms with van der Waals surface area (Å²) in [4.78, 5) is 0. The van der Waals surface area contributed by atoms with Crippen LogP contribution in [-0.2, 0) is -0.565 Å². The second-order valence-electron chi connectivity index (χ2n) is 2.46. The highest BCUT2D eigenvalue weighted by atomic mass is 127. The minimum atomic E-state index is 0.128. The molecule has 0 unspecified atom stereocenters. The zero-order valence-electron chi connectivity index (χ0n) is 6.24. The van der Waals surface area contributed by atoms with Crippen molar-refractivity contribution in [1.82, 2.24) is 0 Å². The summed E-state index contributed by atoms with van der Waals surface area (Å²) in [6.07, 6.45) is 0. The third kappa shape index (κ3) is 3.13. The van der Waals surface area contributed by atoms with Gasteiger partial charge in [0.05, 0.1) is 0 Å². The Hall–Kier alpha value is 1.70. The molecule has 0 amide bonds. The smallest absolute Gasteiger partial charge is 0.0841 e. The van der Waals surface area contributed by atoms with Crippen LogP contribution in [0, 0.1) is 6.92 Å². The Morgan fingerprint density at radius 3 is 2.25 bits per heavy atom. The molecule has 0 radical (unpaired) electrons. The van der Waals surface area contributed by atoms with Crippen molar-refractivity contribution < 1.29 is 0 Å². The minimum absolute atomic E-state index is 0.128. The number of aryl methyl sites for hydroxylation is 1. The largest absolute Gasteiger partial charge is 0.149 e. The molecule has 1 aromatic carbocycles. The predicted octanol–water partition coefficient (Wildman–Crippen LogP) is 5.06. The van der Waals surface area contributed by atoms with Gasteiger partial charge in [-0.05, 0) is 91.9 Å². The summed E-state index contributed by atoms with van der Waals surface area (Å²) in [5.41, 5.74) is 2.44. The normalized spacial score (nSPS) is 11.8. The molecule has 0 spiro atoms. The number of benzene rings is 1. The van der Waals surface area contributed by atoms with Crippen LogP contribution in [0.25, 0.3) is 0 Å². The van der Waals surface area contributed by atoms with Gasteiger partial charge in [0.1, 0.15) is -0.565 Å². The molecule has 0 bridgehead atoms. The van der Waals surface area contributed by atoms with Gasteiger partial charge < -0.3 is 0 Å². The van der Waals surface area contributed by atoms with Crippen molar-refractivity contribution in [2.75, 3.05) is 0 Å². The molecule has 1 rings (SSSR count). The Morgan fingerprint density at radius 1 is 1.25 bits per heavy atom. The lowest BCUT2D eigenvalue weighted by Gasteiger charge is -2.13. The zero-order chi connectivity index (χ0) is 9.35. The lowest BCUT2D eigenvalue weighted by molar-refractivity contribution is 1.36. The number of rotatable bonds is 1. The van der Waals surface area contributed by atoms with Crippen LogP contribution in [0.2, 0.25) is 5.02 Å². The molecule has 4 heteroatoms. The molecule has 66 valence electrons. The average Bonchev–Trinajstić information content (AvgIpc) is 1.92. The Labute approximate surface area is 118 Å². The highest BCUT2D eigenvalue weighted by Crippen LogP contribution is 2.46. The Bertz CT molecular complexity index is 291. The van der Waals surface area contributed by atoms with Crippen molar-refractivity contribution >= 4 is 79.4 Å². The van der Waals surface area contributed by atoms with Crippen molar-refractivity contribution in [2.45, 2.75) is 6.36 Å². The van der Waals surface area contributed by atoms with Crippen LogP contribution in [0.5, 0.6) is 0 Å². The van der Waals surface area contributed by atoms with E-state index < -0.39 is 0 Å². The summed E-state index contributed by atoms with van der Waals surface area (Å²) in [5, 5.41) is 0.840. The molecule has 0 aromatic heterocycles. The second-order valence-corrected chi connectivity index (χ2v) is 13.9. The van der Waals surface area contributed by atoms with E-state index in [1.807, 2.05) is 13.0 Å². The summed E-state index contributed by atoms with van der Waals surface area (Å²) in [5.74, 6) is 0. The van der Waals surface area contributed by atoms with E-state index >= 15 is 0 Å². The van der Waals surface area contributed by atoms with Crippen molar-refractivity contribution in [2.24, 2.45) is 0 Å². The van der Waals surface area contributed by atoms with Crippen molar-refractivity contribution in [3.05, 3.63) is 34.3 Å². The number of halogens is 4. The molecule has 1 aromatic rings. The Morgan fingerprint density at radius 2 is 1.83 bits per heavy atom. The molecule has 0 fully saturated rings. The fourth-order valence-electron chi connectivity index (χ4n) is 0.821. The number of hydrogen-bond donors (Lipinski definition) is 0. The summed E-state index contributed by atoms with van der Waals surface area (Å²) in [6, 6.07) is 6.16. The SMILES string of the molecule is Cc1cc(C(I)(I)I)ccc1Cl. The van der Waals surface area contributed by atoms with Gasteiger partial charge in [0.2, 0.25) is 0 Å². The van der Waals surface area contributed by atoms with Gasteiger partial charge in [-0.2, -0.15) is 0 Å². The monoisotopic (exact) mass is 518 g/mol. The van der Waals surface area contributed by atoms with Gasteiger partial charge in [0.25, 0.3) is 0 Å². The minimum Gasteiger partial charge on any atom is -0.0841 e. The van der Waals surface area contributed by atoms with Crippen LogP contribution in [0.3, 0.4) is 0 Å². The van der Waals surface area contributed by atoms with Gasteiger partial charge in [0.15, 0.2) is 0 Å². The fraction of sp³-hybridized carbons (Fsp3) is 0.250. The van der Waals surface area contributed by atoms with Crippen molar-refractivity contribution in [3.8, 4) is 0 Å². The molecule has 0 aliphatic heterocycles. The topological polar surface area (TPSA) is 0 Å². The third-order valence-electron chi connectivity index (χ3n) is 1.49. The second kappa shape index (κ2) is 4.48. The maximum absolute atomic E-state index is 5.92.